The van der Waals surface area contributed by atoms with E-state index in [0.29, 0.717) is 17.3 Å². The minimum atomic E-state index is -5.28. The Morgan fingerprint density at radius 1 is 1.20 bits per heavy atom. The normalized spacial score (nSPS) is 20.1. The van der Waals surface area contributed by atoms with Gasteiger partial charge in [-0.1, -0.05) is 13.8 Å². The number of nitrogens with one attached hydrogen (secondary N) is 1. The molecule has 4 heterocycles. The van der Waals surface area contributed by atoms with Crippen LogP contribution in [-0.2, 0) is 4.79 Å². The van der Waals surface area contributed by atoms with Crippen molar-refractivity contribution >= 4 is 28.2 Å². The number of halogens is 5. The van der Waals surface area contributed by atoms with Crippen molar-refractivity contribution in [3.63, 3.8) is 0 Å². The third kappa shape index (κ3) is 5.03. The highest BCUT2D eigenvalue weighted by Gasteiger charge is 2.41. The molecule has 0 radical (unpaired) electrons. The van der Waals surface area contributed by atoms with Crippen LogP contribution >= 0.6 is 0 Å². The number of aliphatic carboxylic acids is 1. The van der Waals surface area contributed by atoms with E-state index in [1.54, 1.807) is 25.7 Å². The van der Waals surface area contributed by atoms with Gasteiger partial charge in [-0.3, -0.25) is 4.79 Å². The number of carboxylic acid groups (broad SMARTS) is 1. The van der Waals surface area contributed by atoms with Crippen LogP contribution in [0.1, 0.15) is 32.0 Å². The number of benzene rings is 1. The Hall–Kier alpha value is -3.94. The Morgan fingerprint density at radius 2 is 1.88 bits per heavy atom. The van der Waals surface area contributed by atoms with Gasteiger partial charge in [-0.25, -0.2) is 18.7 Å². The van der Waals surface area contributed by atoms with E-state index >= 15 is 4.39 Å². The van der Waals surface area contributed by atoms with E-state index in [1.165, 1.54) is 0 Å². The van der Waals surface area contributed by atoms with Crippen molar-refractivity contribution in [2.45, 2.75) is 59.2 Å². The number of nitrogens with zero attached hydrogens (tertiary/aromatic N) is 3. The van der Waals surface area contributed by atoms with E-state index in [9.17, 15) is 27.5 Å². The fourth-order valence-corrected chi connectivity index (χ4v) is 4.91. The summed E-state index contributed by atoms with van der Waals surface area (Å²) in [5.74, 6) is -4.82. The molecule has 2 aromatic heterocycles. The first-order chi connectivity index (χ1) is 18.8. The molecule has 2 aliphatic heterocycles. The molecule has 40 heavy (non-hydrogen) atoms. The maximum Gasteiger partial charge on any atom is 0.573 e. The van der Waals surface area contributed by atoms with Crippen molar-refractivity contribution in [3.8, 4) is 22.9 Å². The van der Waals surface area contributed by atoms with Crippen molar-refractivity contribution in [1.29, 1.82) is 0 Å². The van der Waals surface area contributed by atoms with Gasteiger partial charge in [0.15, 0.2) is 17.4 Å². The zero-order valence-corrected chi connectivity index (χ0v) is 22.3. The third-order valence-corrected chi connectivity index (χ3v) is 6.82. The van der Waals surface area contributed by atoms with Crippen LogP contribution in [0.25, 0.3) is 22.0 Å². The molecule has 3 aromatic rings. The van der Waals surface area contributed by atoms with E-state index in [2.05, 4.69) is 20.0 Å². The van der Waals surface area contributed by atoms with Crippen LogP contribution in [-0.4, -0.2) is 58.7 Å². The monoisotopic (exact) mass is 569 g/mol. The summed E-state index contributed by atoms with van der Waals surface area (Å²) in [5.41, 5.74) is 4.82. The van der Waals surface area contributed by atoms with Crippen molar-refractivity contribution in [1.82, 2.24) is 15.3 Å². The number of alkyl halides is 3. The van der Waals surface area contributed by atoms with Gasteiger partial charge in [-0.15, -0.1) is 13.2 Å². The molecule has 1 saturated heterocycles. The number of hydrogen-bond acceptors (Lipinski definition) is 8. The zero-order valence-electron chi connectivity index (χ0n) is 22.3. The van der Waals surface area contributed by atoms with Gasteiger partial charge in [0.2, 0.25) is 5.88 Å². The number of piperazine rings is 1. The second-order valence-corrected chi connectivity index (χ2v) is 9.24. The van der Waals surface area contributed by atoms with E-state index in [4.69, 9.17) is 10.5 Å². The first-order valence-electron chi connectivity index (χ1n) is 12.5. The molecular formula is C26H28F5N5O4. The van der Waals surface area contributed by atoms with Crippen molar-refractivity contribution < 1.29 is 41.3 Å². The number of nitrogens with two attached hydrogens (primary N) is 1. The lowest BCUT2D eigenvalue weighted by Crippen LogP contribution is -2.62. The van der Waals surface area contributed by atoms with Crippen molar-refractivity contribution in [3.05, 3.63) is 35.0 Å². The number of fused-ring (bicyclic) bond motifs is 2. The Morgan fingerprint density at radius 3 is 2.50 bits per heavy atom. The number of carboxylic acids is 1. The molecule has 9 nitrogen and oxygen atoms in total. The fraction of sp³-hybridized carbons (Fsp3) is 0.423. The molecule has 2 aliphatic rings. The van der Waals surface area contributed by atoms with Crippen molar-refractivity contribution in [2.24, 2.45) is 0 Å². The summed E-state index contributed by atoms with van der Waals surface area (Å²) in [7, 11) is 0. The maximum atomic E-state index is 16.3. The fourth-order valence-electron chi connectivity index (χ4n) is 4.91. The van der Waals surface area contributed by atoms with Crippen LogP contribution < -0.4 is 25.4 Å². The maximum absolute atomic E-state index is 16.3. The lowest BCUT2D eigenvalue weighted by molar-refractivity contribution is -0.275. The minimum Gasteiger partial charge on any atom is -0.480 e. The molecule has 0 amide bonds. The Labute approximate surface area is 226 Å². The summed E-state index contributed by atoms with van der Waals surface area (Å²) in [5, 5.41) is 12.6. The van der Waals surface area contributed by atoms with Gasteiger partial charge in [0.05, 0.1) is 17.0 Å². The number of nitrogen functional groups attached to an aromatic ring is 1. The first-order valence-corrected chi connectivity index (χ1v) is 12.5. The average Bonchev–Trinajstić information content (AvgIpc) is 2.99. The minimum absolute atomic E-state index is 0.00882. The summed E-state index contributed by atoms with van der Waals surface area (Å²) < 4.78 is 80.3. The summed E-state index contributed by atoms with van der Waals surface area (Å²) in [6.07, 6.45) is -5.92. The van der Waals surface area contributed by atoms with Gasteiger partial charge in [-0.2, -0.15) is 0 Å². The first kappa shape index (κ1) is 29.1. The Balaban J connectivity index is 0.00000181. The van der Waals surface area contributed by atoms with Gasteiger partial charge >= 0.3 is 12.3 Å². The molecule has 0 aliphatic carbocycles. The summed E-state index contributed by atoms with van der Waals surface area (Å²) in [6.45, 7) is 9.06. The number of carbonyl (C=O) groups is 1. The lowest BCUT2D eigenvalue weighted by atomic mass is 9.99. The molecular weight excluding hydrogens is 541 g/mol. The topological polar surface area (TPSA) is 123 Å². The quantitative estimate of drug-likeness (QED) is 0.304. The highest BCUT2D eigenvalue weighted by atomic mass is 19.4. The molecule has 0 bridgehead atoms. The molecule has 216 valence electrons. The summed E-state index contributed by atoms with van der Waals surface area (Å²) in [6, 6.07) is 0.188. The van der Waals surface area contributed by atoms with Crippen LogP contribution in [0.3, 0.4) is 0 Å². The number of pyridine rings is 2. The largest absolute Gasteiger partial charge is 0.573 e. The summed E-state index contributed by atoms with van der Waals surface area (Å²) in [4.78, 5) is 22.2. The molecule has 1 fully saturated rings. The molecule has 14 heteroatoms. The number of aromatic nitrogens is 2. The standard InChI is InChI=1S/C24H22F5N5O4.C2H6/c1-8-9(2)32-21-17-16(8)18(26)19(12-4-11(30)5-13(25)20(12)38-24(27,28)29)33-22(17)37-10(3)15-6-31-14(23(35)36)7-34(15)21;1-2/h4-5,10,14-15,31H,6-7,30H2,1-3H3,(H,35,36);1-2H3/t10?,14?,15-;/m0./s1. The number of hydrogen-bond donors (Lipinski definition) is 3. The molecule has 1 aromatic carbocycles. The lowest BCUT2D eigenvalue weighted by Gasteiger charge is -2.41. The zero-order chi connectivity index (χ0) is 29.7. The molecule has 0 spiro atoms. The highest BCUT2D eigenvalue weighted by molar-refractivity contribution is 6.02. The number of ether oxygens (including phenoxy) is 2. The van der Waals surface area contributed by atoms with Crippen LogP contribution in [0, 0.1) is 25.5 Å². The highest BCUT2D eigenvalue weighted by Crippen LogP contribution is 2.46. The molecule has 4 N–H and O–H groups in total. The molecule has 3 atom stereocenters. The van der Waals surface area contributed by atoms with E-state index in [1.807, 2.05) is 13.8 Å². The van der Waals surface area contributed by atoms with Gasteiger partial charge in [0.1, 0.15) is 23.7 Å². The average molecular weight is 570 g/mol. The molecule has 0 saturated carbocycles. The van der Waals surface area contributed by atoms with Crippen LogP contribution in [0.5, 0.6) is 11.6 Å². The van der Waals surface area contributed by atoms with Gasteiger partial charge < -0.3 is 30.5 Å². The number of anilines is 2. The van der Waals surface area contributed by atoms with Crippen LogP contribution in [0.2, 0.25) is 0 Å². The van der Waals surface area contributed by atoms with E-state index < -0.39 is 59.2 Å². The smallest absolute Gasteiger partial charge is 0.480 e. The van der Waals surface area contributed by atoms with Gasteiger partial charge in [0, 0.05) is 35.9 Å². The predicted octanol–water partition coefficient (Wildman–Crippen LogP) is 4.71. The molecule has 2 unspecified atom stereocenters. The van der Waals surface area contributed by atoms with Crippen LogP contribution in [0.15, 0.2) is 12.1 Å². The SMILES string of the molecule is CC.Cc1nc2c3c(nc(-c4cc(N)cc(F)c4OC(F)(F)F)c(F)c3c1C)OC(C)[C@@H]1CNC(C(=O)O)CN21. The summed E-state index contributed by atoms with van der Waals surface area (Å²) >= 11 is 0. The van der Waals surface area contributed by atoms with Gasteiger partial charge in [0.25, 0.3) is 0 Å². The number of rotatable bonds is 3. The second-order valence-electron chi connectivity index (χ2n) is 9.24. The second kappa shape index (κ2) is 10.6. The van der Waals surface area contributed by atoms with E-state index in [0.717, 1.165) is 6.07 Å². The Bertz CT molecular complexity index is 1480. The number of aryl methyl sites for hydroxylation is 2. The van der Waals surface area contributed by atoms with Crippen LogP contribution in [0.4, 0.5) is 33.5 Å². The van der Waals surface area contributed by atoms with E-state index in [-0.39, 0.29) is 41.2 Å². The van der Waals surface area contributed by atoms with Gasteiger partial charge in [-0.05, 0) is 32.4 Å². The Kier molecular flexibility index (Phi) is 7.67. The predicted molar refractivity (Wildman–Crippen MR) is 137 cm³/mol. The third-order valence-electron chi connectivity index (χ3n) is 6.82. The van der Waals surface area contributed by atoms with Crippen molar-refractivity contribution in [2.75, 3.05) is 23.7 Å². The molecule has 5 rings (SSSR count).